The van der Waals surface area contributed by atoms with Crippen LogP contribution in [0.1, 0.15) is 11.1 Å². The minimum atomic E-state index is 0.985. The SMILES string of the molecule is c1ccc(-c2ccccc2-c2cccc(N(c3ccccc3)c3ccc(-c4cccc(-c5ccc6c(c5)c5ccccc5n6-c5cccc(-c6cccc7c6-c6ccccc6C7)c5)c4)cc3)c2)cc1. The highest BCUT2D eigenvalue weighted by molar-refractivity contribution is 6.10. The zero-order chi connectivity index (χ0) is 45.7. The Kier molecular flexibility index (Phi) is 9.95. The highest BCUT2D eigenvalue weighted by Gasteiger charge is 2.22. The number of aromatic nitrogens is 1. The smallest absolute Gasteiger partial charge is 0.0541 e. The molecule has 0 fully saturated rings. The number of anilines is 3. The maximum absolute atomic E-state index is 2.44. The van der Waals surface area contributed by atoms with Gasteiger partial charge in [-0.3, -0.25) is 0 Å². The molecule has 69 heavy (non-hydrogen) atoms. The van der Waals surface area contributed by atoms with Gasteiger partial charge in [-0.25, -0.2) is 0 Å². The Morgan fingerprint density at radius 2 is 0.797 bits per heavy atom. The van der Waals surface area contributed by atoms with Gasteiger partial charge in [-0.2, -0.15) is 0 Å². The minimum absolute atomic E-state index is 0.985. The van der Waals surface area contributed by atoms with Crippen LogP contribution in [0.15, 0.2) is 267 Å². The van der Waals surface area contributed by atoms with Gasteiger partial charge in [0.25, 0.3) is 0 Å². The van der Waals surface area contributed by atoms with Gasteiger partial charge in [-0.1, -0.05) is 194 Å². The van der Waals surface area contributed by atoms with Crippen LogP contribution in [0.25, 0.3) is 94.3 Å². The van der Waals surface area contributed by atoms with E-state index in [4.69, 9.17) is 0 Å². The maximum atomic E-state index is 2.44. The van der Waals surface area contributed by atoms with E-state index >= 15 is 0 Å². The standard InChI is InChI=1S/C67H46N2/c1-3-17-47(18-4-1)59-29-9-10-30-60(59)52-22-14-27-57(43-52)68(55-25-5-2-6-26-55)56-38-35-46(36-39-56)48-20-13-21-49(41-48)50-37-40-66-64(45-50)63-32-11-12-34-65(63)69(66)58-28-15-23-53(44-58)62-33-16-24-54-42-51-19-7-8-31-61(51)67(54)62/h1-41,43-45H,42H2. The molecule has 0 amide bonds. The van der Waals surface area contributed by atoms with E-state index in [2.05, 4.69) is 276 Å². The van der Waals surface area contributed by atoms with Crippen LogP contribution in [0.2, 0.25) is 0 Å². The van der Waals surface area contributed by atoms with Crippen molar-refractivity contribution in [2.45, 2.75) is 6.42 Å². The molecule has 0 unspecified atom stereocenters. The molecule has 13 rings (SSSR count). The summed E-state index contributed by atoms with van der Waals surface area (Å²) < 4.78 is 2.44. The van der Waals surface area contributed by atoms with Crippen molar-refractivity contribution < 1.29 is 0 Å². The van der Waals surface area contributed by atoms with E-state index in [9.17, 15) is 0 Å². The fourth-order valence-corrected chi connectivity index (χ4v) is 10.8. The second kappa shape index (κ2) is 17.0. The fourth-order valence-electron chi connectivity index (χ4n) is 10.8. The Morgan fingerprint density at radius 1 is 0.275 bits per heavy atom. The van der Waals surface area contributed by atoms with Crippen LogP contribution in [0, 0.1) is 0 Å². The van der Waals surface area contributed by atoms with Crippen molar-refractivity contribution in [3.05, 3.63) is 278 Å². The quantitative estimate of drug-likeness (QED) is 0.140. The third-order valence-electron chi connectivity index (χ3n) is 14.0. The van der Waals surface area contributed by atoms with Crippen molar-refractivity contribution in [2.24, 2.45) is 0 Å². The molecule has 2 heteroatoms. The molecule has 1 aliphatic carbocycles. The molecule has 0 aliphatic heterocycles. The van der Waals surface area contributed by atoms with Gasteiger partial charge >= 0.3 is 0 Å². The van der Waals surface area contributed by atoms with Crippen molar-refractivity contribution in [1.82, 2.24) is 4.57 Å². The molecule has 0 radical (unpaired) electrons. The van der Waals surface area contributed by atoms with Crippen molar-refractivity contribution in [3.8, 4) is 72.4 Å². The summed E-state index contributed by atoms with van der Waals surface area (Å²) in [6.07, 6.45) is 0.985. The van der Waals surface area contributed by atoms with Gasteiger partial charge in [-0.15, -0.1) is 0 Å². The molecule has 0 spiro atoms. The highest BCUT2D eigenvalue weighted by atomic mass is 15.1. The van der Waals surface area contributed by atoms with Gasteiger partial charge in [0.2, 0.25) is 0 Å². The molecule has 0 N–H and O–H groups in total. The van der Waals surface area contributed by atoms with E-state index in [1.165, 1.54) is 99.7 Å². The van der Waals surface area contributed by atoms with E-state index in [1.807, 2.05) is 0 Å². The summed E-state index contributed by atoms with van der Waals surface area (Å²) in [4.78, 5) is 2.35. The molecule has 1 aliphatic rings. The van der Waals surface area contributed by atoms with Gasteiger partial charge in [0.05, 0.1) is 11.0 Å². The molecule has 0 atom stereocenters. The number of nitrogens with zero attached hydrogens (tertiary/aromatic N) is 2. The number of rotatable bonds is 9. The summed E-state index contributed by atoms with van der Waals surface area (Å²) in [6.45, 7) is 0. The van der Waals surface area contributed by atoms with Crippen molar-refractivity contribution in [2.75, 3.05) is 4.90 Å². The lowest BCUT2D eigenvalue weighted by Crippen LogP contribution is -2.09. The Hall–Kier alpha value is -8.98. The molecule has 0 saturated heterocycles. The maximum Gasteiger partial charge on any atom is 0.0541 e. The average molecular weight is 879 g/mol. The number of benzene rings is 11. The van der Waals surface area contributed by atoms with Gasteiger partial charge in [-0.05, 0) is 157 Å². The zero-order valence-corrected chi connectivity index (χ0v) is 38.0. The number of fused-ring (bicyclic) bond motifs is 6. The summed E-state index contributed by atoms with van der Waals surface area (Å²) in [6, 6.07) is 97.4. The Bertz CT molecular complexity index is 3860. The number of hydrogen-bond donors (Lipinski definition) is 0. The van der Waals surface area contributed by atoms with E-state index in [0.717, 1.165) is 29.2 Å². The molecular formula is C67H46N2. The van der Waals surface area contributed by atoms with E-state index in [-0.39, 0.29) is 0 Å². The van der Waals surface area contributed by atoms with Crippen molar-refractivity contribution in [1.29, 1.82) is 0 Å². The Labute approximate surface area is 403 Å². The van der Waals surface area contributed by atoms with Crippen LogP contribution >= 0.6 is 0 Å². The van der Waals surface area contributed by atoms with Crippen molar-refractivity contribution in [3.63, 3.8) is 0 Å². The summed E-state index contributed by atoms with van der Waals surface area (Å²) in [5, 5.41) is 2.49. The second-order valence-electron chi connectivity index (χ2n) is 18.1. The third-order valence-corrected chi connectivity index (χ3v) is 14.0. The first-order valence-corrected chi connectivity index (χ1v) is 23.9. The molecule has 2 nitrogen and oxygen atoms in total. The highest BCUT2D eigenvalue weighted by Crippen LogP contribution is 2.45. The lowest BCUT2D eigenvalue weighted by molar-refractivity contribution is 1.18. The molecule has 1 aromatic heterocycles. The molecular weight excluding hydrogens is 833 g/mol. The third kappa shape index (κ3) is 7.22. The first-order valence-electron chi connectivity index (χ1n) is 23.9. The lowest BCUT2D eigenvalue weighted by Gasteiger charge is -2.26. The number of hydrogen-bond acceptors (Lipinski definition) is 1. The molecule has 0 bridgehead atoms. The Balaban J connectivity index is 0.834. The summed E-state index contributed by atoms with van der Waals surface area (Å²) in [7, 11) is 0. The molecule has 324 valence electrons. The van der Waals surface area contributed by atoms with Crippen LogP contribution in [0.3, 0.4) is 0 Å². The van der Waals surface area contributed by atoms with E-state index < -0.39 is 0 Å². The first-order chi connectivity index (χ1) is 34.2. The van der Waals surface area contributed by atoms with Gasteiger partial charge < -0.3 is 9.47 Å². The molecule has 12 aromatic rings. The van der Waals surface area contributed by atoms with E-state index in [0.29, 0.717) is 0 Å². The van der Waals surface area contributed by atoms with Crippen molar-refractivity contribution >= 4 is 38.9 Å². The molecule has 1 heterocycles. The Morgan fingerprint density at radius 3 is 1.62 bits per heavy atom. The summed E-state index contributed by atoms with van der Waals surface area (Å²) >= 11 is 0. The molecule has 0 saturated carbocycles. The number of para-hydroxylation sites is 2. The van der Waals surface area contributed by atoms with Crippen LogP contribution in [-0.2, 0) is 6.42 Å². The van der Waals surface area contributed by atoms with Gasteiger partial charge in [0.15, 0.2) is 0 Å². The topological polar surface area (TPSA) is 8.17 Å². The predicted molar refractivity (Wildman–Crippen MR) is 291 cm³/mol. The first kappa shape index (κ1) is 40.3. The van der Waals surface area contributed by atoms with Gasteiger partial charge in [0, 0.05) is 33.5 Å². The van der Waals surface area contributed by atoms with Crippen LogP contribution < -0.4 is 4.90 Å². The van der Waals surface area contributed by atoms with Gasteiger partial charge in [0.1, 0.15) is 0 Å². The van der Waals surface area contributed by atoms with Crippen LogP contribution in [-0.4, -0.2) is 4.57 Å². The van der Waals surface area contributed by atoms with Crippen LogP contribution in [0.5, 0.6) is 0 Å². The minimum Gasteiger partial charge on any atom is -0.310 e. The van der Waals surface area contributed by atoms with Crippen LogP contribution in [0.4, 0.5) is 17.1 Å². The lowest BCUT2D eigenvalue weighted by atomic mass is 9.94. The monoisotopic (exact) mass is 878 g/mol. The summed E-state index contributed by atoms with van der Waals surface area (Å²) in [5.41, 5.74) is 24.5. The zero-order valence-electron chi connectivity index (χ0n) is 38.0. The molecule has 11 aromatic carbocycles. The van der Waals surface area contributed by atoms with E-state index in [1.54, 1.807) is 0 Å². The normalized spacial score (nSPS) is 11.7. The summed E-state index contributed by atoms with van der Waals surface area (Å²) in [5.74, 6) is 0. The fraction of sp³-hybridized carbons (Fsp3) is 0.0149. The predicted octanol–water partition coefficient (Wildman–Crippen LogP) is 18.2. The second-order valence-corrected chi connectivity index (χ2v) is 18.1. The largest absolute Gasteiger partial charge is 0.310 e. The average Bonchev–Trinajstić information content (AvgIpc) is 3.98.